The third-order valence-corrected chi connectivity index (χ3v) is 3.81. The lowest BCUT2D eigenvalue weighted by Gasteiger charge is -2.27. The van der Waals surface area contributed by atoms with E-state index in [-0.39, 0.29) is 36.7 Å². The Balaban J connectivity index is 2.75. The lowest BCUT2D eigenvalue weighted by molar-refractivity contribution is -0.129. The first-order chi connectivity index (χ1) is 12.3. The van der Waals surface area contributed by atoms with Crippen LogP contribution in [0, 0.1) is 0 Å². The van der Waals surface area contributed by atoms with Gasteiger partial charge in [0.1, 0.15) is 11.6 Å². The molecule has 9 nitrogen and oxygen atoms in total. The molecular formula is C17H21NO8. The summed E-state index contributed by atoms with van der Waals surface area (Å²) in [4.78, 5) is 49.4. The minimum atomic E-state index is -0.907. The molecule has 26 heavy (non-hydrogen) atoms. The summed E-state index contributed by atoms with van der Waals surface area (Å²) >= 11 is 0. The van der Waals surface area contributed by atoms with Gasteiger partial charge in [-0.3, -0.25) is 9.59 Å². The Morgan fingerprint density at radius 2 is 1.92 bits per heavy atom. The van der Waals surface area contributed by atoms with Crippen LogP contribution in [0.2, 0.25) is 0 Å². The van der Waals surface area contributed by atoms with Crippen LogP contribution < -0.4 is 10.2 Å². The van der Waals surface area contributed by atoms with Crippen LogP contribution in [0.4, 0.5) is 0 Å². The van der Waals surface area contributed by atoms with Crippen molar-refractivity contribution in [2.45, 2.75) is 32.4 Å². The van der Waals surface area contributed by atoms with Gasteiger partial charge in [-0.1, -0.05) is 0 Å². The van der Waals surface area contributed by atoms with Gasteiger partial charge in [-0.2, -0.15) is 0 Å². The molecule has 0 spiro atoms. The van der Waals surface area contributed by atoms with Gasteiger partial charge in [0.2, 0.25) is 5.43 Å². The lowest BCUT2D eigenvalue weighted by atomic mass is 10.1. The molecule has 0 aliphatic carbocycles. The number of ketones is 1. The van der Waals surface area contributed by atoms with E-state index in [4.69, 9.17) is 14.2 Å². The zero-order valence-corrected chi connectivity index (χ0v) is 15.1. The molecule has 0 saturated carbocycles. The Morgan fingerprint density at radius 3 is 2.46 bits per heavy atom. The Kier molecular flexibility index (Phi) is 6.14. The fraction of sp³-hybridized carbons (Fsp3) is 0.529. The molecule has 0 amide bonds. The van der Waals surface area contributed by atoms with Gasteiger partial charge in [0.05, 0.1) is 33.5 Å². The van der Waals surface area contributed by atoms with Crippen LogP contribution in [0.1, 0.15) is 47.2 Å². The number of carbonyl (C=O) groups excluding carboxylic acids is 3. The van der Waals surface area contributed by atoms with E-state index in [1.807, 2.05) is 0 Å². The number of rotatable bonds is 5. The molecule has 0 bridgehead atoms. The van der Waals surface area contributed by atoms with E-state index in [9.17, 15) is 19.2 Å². The predicted octanol–water partition coefficient (Wildman–Crippen LogP) is 0.739. The fourth-order valence-electron chi connectivity index (χ4n) is 2.63. The quantitative estimate of drug-likeness (QED) is 0.701. The van der Waals surface area contributed by atoms with Gasteiger partial charge >= 0.3 is 11.9 Å². The van der Waals surface area contributed by atoms with Crippen LogP contribution in [0.15, 0.2) is 11.0 Å². The number of aromatic nitrogens is 1. The number of hydrogen-bond donors (Lipinski definition) is 0. The van der Waals surface area contributed by atoms with E-state index in [1.165, 1.54) is 11.7 Å². The molecule has 9 heteroatoms. The summed E-state index contributed by atoms with van der Waals surface area (Å²) in [5, 5.41) is 0. The highest BCUT2D eigenvalue weighted by Gasteiger charge is 2.33. The van der Waals surface area contributed by atoms with Crippen molar-refractivity contribution in [3.05, 3.63) is 27.7 Å². The molecule has 142 valence electrons. The zero-order valence-electron chi connectivity index (χ0n) is 15.1. The minimum absolute atomic E-state index is 0.00652. The summed E-state index contributed by atoms with van der Waals surface area (Å²) in [5.41, 5.74) is -1.43. The monoisotopic (exact) mass is 367 g/mol. The molecular weight excluding hydrogens is 346 g/mol. The van der Waals surface area contributed by atoms with Gasteiger partial charge < -0.3 is 23.5 Å². The second kappa shape index (κ2) is 8.13. The molecule has 1 atom stereocenters. The summed E-state index contributed by atoms with van der Waals surface area (Å²) in [6.07, 6.45) is 0.797. The van der Waals surface area contributed by atoms with Gasteiger partial charge in [-0.15, -0.1) is 0 Å². The van der Waals surface area contributed by atoms with Crippen molar-refractivity contribution in [3.8, 4) is 5.75 Å². The topological polar surface area (TPSA) is 110 Å². The largest absolute Gasteiger partial charge is 0.491 e. The molecule has 1 aromatic heterocycles. The van der Waals surface area contributed by atoms with E-state index < -0.39 is 35.3 Å². The molecule has 0 radical (unpaired) electrons. The van der Waals surface area contributed by atoms with Gasteiger partial charge in [0.15, 0.2) is 17.2 Å². The van der Waals surface area contributed by atoms with Crippen molar-refractivity contribution < 1.29 is 33.3 Å². The lowest BCUT2D eigenvalue weighted by Crippen LogP contribution is -2.36. The summed E-state index contributed by atoms with van der Waals surface area (Å²) in [6.45, 7) is 3.55. The predicted molar refractivity (Wildman–Crippen MR) is 88.6 cm³/mol. The number of methoxy groups -OCH3 is 2. The molecule has 2 rings (SSSR count). The Labute approximate surface area is 149 Å². The molecule has 1 fully saturated rings. The van der Waals surface area contributed by atoms with Crippen LogP contribution in [0.3, 0.4) is 0 Å². The zero-order chi connectivity index (χ0) is 19.4. The molecule has 0 unspecified atom stereocenters. The normalized spacial score (nSPS) is 17.1. The maximum Gasteiger partial charge on any atom is 0.359 e. The molecule has 0 N–H and O–H groups in total. The summed E-state index contributed by atoms with van der Waals surface area (Å²) in [6, 6.07) is -0.892. The van der Waals surface area contributed by atoms with Gasteiger partial charge in [-0.25, -0.2) is 9.59 Å². The molecule has 1 aromatic rings. The number of nitrogens with zero attached hydrogens (tertiary/aromatic N) is 1. The van der Waals surface area contributed by atoms with E-state index in [0.717, 1.165) is 13.3 Å². The van der Waals surface area contributed by atoms with E-state index in [0.29, 0.717) is 0 Å². The van der Waals surface area contributed by atoms with E-state index in [2.05, 4.69) is 4.74 Å². The van der Waals surface area contributed by atoms with Crippen LogP contribution in [0.25, 0.3) is 0 Å². The second-order valence-electron chi connectivity index (χ2n) is 5.91. The maximum atomic E-state index is 12.6. The first kappa shape index (κ1) is 19.6. The molecule has 1 aliphatic heterocycles. The molecule has 1 saturated heterocycles. The first-order valence-electron chi connectivity index (χ1n) is 8.04. The van der Waals surface area contributed by atoms with Crippen molar-refractivity contribution in [2.75, 3.05) is 27.4 Å². The standard InChI is InChI=1S/C17H21NO8/c1-9(2)26-17(22)13-15(23-3)14(20)10(16(21)24-4)7-18(13)11-8-25-6-5-12(11)19/h7,9,11H,5-6,8H2,1-4H3/t11-/m0/s1. The van der Waals surface area contributed by atoms with Crippen LogP contribution in [-0.4, -0.2) is 55.8 Å². The molecule has 0 aromatic carbocycles. The van der Waals surface area contributed by atoms with Crippen molar-refractivity contribution in [2.24, 2.45) is 0 Å². The van der Waals surface area contributed by atoms with Crippen molar-refractivity contribution in [3.63, 3.8) is 0 Å². The highest BCUT2D eigenvalue weighted by atomic mass is 16.5. The fourth-order valence-corrected chi connectivity index (χ4v) is 2.63. The Morgan fingerprint density at radius 1 is 1.23 bits per heavy atom. The Bertz CT molecular complexity index is 780. The van der Waals surface area contributed by atoms with Crippen LogP contribution in [-0.2, 0) is 19.0 Å². The van der Waals surface area contributed by atoms with Gasteiger partial charge in [0.25, 0.3) is 0 Å². The Hall–Kier alpha value is -2.68. The van der Waals surface area contributed by atoms with Crippen molar-refractivity contribution in [1.29, 1.82) is 0 Å². The van der Waals surface area contributed by atoms with Crippen molar-refractivity contribution >= 4 is 17.7 Å². The number of Topliss-reactive ketones (excluding diaryl/α,β-unsaturated/α-hetero) is 1. The number of ether oxygens (including phenoxy) is 4. The number of carbonyl (C=O) groups is 3. The van der Waals surface area contributed by atoms with E-state index in [1.54, 1.807) is 13.8 Å². The third kappa shape index (κ3) is 3.77. The highest BCUT2D eigenvalue weighted by Crippen LogP contribution is 2.25. The van der Waals surface area contributed by atoms with Crippen molar-refractivity contribution in [1.82, 2.24) is 4.57 Å². The SMILES string of the molecule is COC(=O)c1cn([C@H]2COCCC2=O)c(C(=O)OC(C)C)c(OC)c1=O. The summed E-state index contributed by atoms with van der Waals surface area (Å²) < 4.78 is 21.4. The van der Waals surface area contributed by atoms with Crippen LogP contribution in [0.5, 0.6) is 5.75 Å². The average Bonchev–Trinajstić information content (AvgIpc) is 2.60. The number of pyridine rings is 1. The highest BCUT2D eigenvalue weighted by molar-refractivity contribution is 5.95. The summed E-state index contributed by atoms with van der Waals surface area (Å²) in [7, 11) is 2.31. The second-order valence-corrected chi connectivity index (χ2v) is 5.91. The molecule has 2 heterocycles. The van der Waals surface area contributed by atoms with Gasteiger partial charge in [0, 0.05) is 12.6 Å². The third-order valence-electron chi connectivity index (χ3n) is 3.81. The minimum Gasteiger partial charge on any atom is -0.491 e. The smallest absolute Gasteiger partial charge is 0.359 e. The van der Waals surface area contributed by atoms with Crippen LogP contribution >= 0.6 is 0 Å². The number of esters is 2. The average molecular weight is 367 g/mol. The summed E-state index contributed by atoms with van der Waals surface area (Å²) in [5.74, 6) is -2.34. The maximum absolute atomic E-state index is 12.6. The number of hydrogen-bond acceptors (Lipinski definition) is 8. The van der Waals surface area contributed by atoms with E-state index >= 15 is 0 Å². The van der Waals surface area contributed by atoms with Gasteiger partial charge in [-0.05, 0) is 13.8 Å². The first-order valence-corrected chi connectivity index (χ1v) is 8.04. The molecule has 1 aliphatic rings.